The summed E-state index contributed by atoms with van der Waals surface area (Å²) in [6, 6.07) is 0.00370. The van der Waals surface area contributed by atoms with E-state index < -0.39 is 0 Å². The summed E-state index contributed by atoms with van der Waals surface area (Å²) in [6.45, 7) is 4.78. The van der Waals surface area contributed by atoms with Crippen molar-refractivity contribution in [1.82, 2.24) is 0 Å². The first-order valence-electron chi connectivity index (χ1n) is 4.27. The van der Waals surface area contributed by atoms with E-state index in [2.05, 4.69) is 12.1 Å². The topological polar surface area (TPSA) is 55.4 Å². The van der Waals surface area contributed by atoms with Crippen molar-refractivity contribution in [3.05, 3.63) is 4.91 Å². The van der Waals surface area contributed by atoms with Crippen molar-refractivity contribution in [1.29, 1.82) is 0 Å². The minimum absolute atomic E-state index is 0.00370. The van der Waals surface area contributed by atoms with Crippen molar-refractivity contribution in [2.45, 2.75) is 39.2 Å². The SMILES string of the molecule is CCC(CCC(C)CN)N=O. The van der Waals surface area contributed by atoms with E-state index in [0.29, 0.717) is 12.5 Å². The minimum atomic E-state index is 0.00370. The first-order chi connectivity index (χ1) is 5.24. The van der Waals surface area contributed by atoms with Gasteiger partial charge in [-0.2, -0.15) is 4.91 Å². The first-order valence-corrected chi connectivity index (χ1v) is 4.27. The summed E-state index contributed by atoms with van der Waals surface area (Å²) in [5.41, 5.74) is 5.43. The normalized spacial score (nSPS) is 15.9. The monoisotopic (exact) mass is 158 g/mol. The Balaban J connectivity index is 3.41. The molecule has 3 nitrogen and oxygen atoms in total. The molecule has 0 aliphatic heterocycles. The average molecular weight is 158 g/mol. The van der Waals surface area contributed by atoms with Crippen LogP contribution in [0.3, 0.4) is 0 Å². The molecule has 0 fully saturated rings. The molecule has 2 unspecified atom stereocenters. The van der Waals surface area contributed by atoms with E-state index in [9.17, 15) is 4.91 Å². The highest BCUT2D eigenvalue weighted by Gasteiger charge is 2.07. The van der Waals surface area contributed by atoms with Crippen molar-refractivity contribution < 1.29 is 0 Å². The molecule has 0 bridgehead atoms. The molecule has 0 heterocycles. The molecule has 0 aliphatic carbocycles. The van der Waals surface area contributed by atoms with Gasteiger partial charge in [-0.05, 0) is 31.7 Å². The summed E-state index contributed by atoms with van der Waals surface area (Å²) in [6.07, 6.45) is 2.75. The Kier molecular flexibility index (Phi) is 6.03. The zero-order chi connectivity index (χ0) is 8.69. The maximum Gasteiger partial charge on any atom is 0.0917 e. The summed E-state index contributed by atoms with van der Waals surface area (Å²) >= 11 is 0. The van der Waals surface area contributed by atoms with Crippen LogP contribution in [0.25, 0.3) is 0 Å². The minimum Gasteiger partial charge on any atom is -0.330 e. The van der Waals surface area contributed by atoms with E-state index in [0.717, 1.165) is 19.3 Å². The molecule has 3 heteroatoms. The lowest BCUT2D eigenvalue weighted by atomic mass is 10.0. The highest BCUT2D eigenvalue weighted by molar-refractivity contribution is 4.65. The van der Waals surface area contributed by atoms with Crippen molar-refractivity contribution >= 4 is 0 Å². The molecule has 0 saturated heterocycles. The van der Waals surface area contributed by atoms with Crippen LogP contribution in [0.15, 0.2) is 5.18 Å². The van der Waals surface area contributed by atoms with Gasteiger partial charge in [0.25, 0.3) is 0 Å². The van der Waals surface area contributed by atoms with Crippen LogP contribution in [0, 0.1) is 10.8 Å². The fraction of sp³-hybridized carbons (Fsp3) is 1.00. The standard InChI is InChI=1S/C8H18N2O/c1-3-8(10-11)5-4-7(2)6-9/h7-8H,3-6,9H2,1-2H3. The highest BCUT2D eigenvalue weighted by atomic mass is 16.3. The number of hydrogen-bond donors (Lipinski definition) is 1. The predicted octanol–water partition coefficient (Wildman–Crippen LogP) is 1.91. The predicted molar refractivity (Wildman–Crippen MR) is 47.3 cm³/mol. The lowest BCUT2D eigenvalue weighted by molar-refractivity contribution is 0.469. The van der Waals surface area contributed by atoms with Gasteiger partial charge in [0, 0.05) is 0 Å². The molecule has 11 heavy (non-hydrogen) atoms. The summed E-state index contributed by atoms with van der Waals surface area (Å²) in [4.78, 5) is 10.2. The Bertz CT molecular complexity index is 106. The molecule has 2 N–H and O–H groups in total. The van der Waals surface area contributed by atoms with Gasteiger partial charge in [-0.25, -0.2) is 0 Å². The number of rotatable bonds is 6. The van der Waals surface area contributed by atoms with Crippen LogP contribution in [-0.4, -0.2) is 12.6 Å². The molecule has 0 aliphatic rings. The van der Waals surface area contributed by atoms with Gasteiger partial charge >= 0.3 is 0 Å². The van der Waals surface area contributed by atoms with E-state index in [1.807, 2.05) is 6.92 Å². The van der Waals surface area contributed by atoms with Gasteiger partial charge in [-0.15, -0.1) is 0 Å². The van der Waals surface area contributed by atoms with Gasteiger partial charge in [0.2, 0.25) is 0 Å². The Morgan fingerprint density at radius 3 is 2.45 bits per heavy atom. The molecule has 0 radical (unpaired) electrons. The van der Waals surface area contributed by atoms with Crippen molar-refractivity contribution in [3.8, 4) is 0 Å². The van der Waals surface area contributed by atoms with Crippen LogP contribution >= 0.6 is 0 Å². The zero-order valence-electron chi connectivity index (χ0n) is 7.42. The van der Waals surface area contributed by atoms with E-state index in [1.54, 1.807) is 0 Å². The van der Waals surface area contributed by atoms with Gasteiger partial charge in [-0.3, -0.25) is 0 Å². The van der Waals surface area contributed by atoms with Gasteiger partial charge in [0.05, 0.1) is 6.04 Å². The fourth-order valence-corrected chi connectivity index (χ4v) is 0.926. The third kappa shape index (κ3) is 4.90. The van der Waals surface area contributed by atoms with Crippen LogP contribution in [0.2, 0.25) is 0 Å². The Hall–Kier alpha value is -0.440. The molecule has 0 aromatic carbocycles. The Morgan fingerprint density at radius 2 is 2.09 bits per heavy atom. The van der Waals surface area contributed by atoms with E-state index in [-0.39, 0.29) is 6.04 Å². The summed E-state index contributed by atoms with van der Waals surface area (Å²) < 4.78 is 0. The second-order valence-corrected chi connectivity index (χ2v) is 3.09. The molecule has 0 aromatic heterocycles. The van der Waals surface area contributed by atoms with E-state index >= 15 is 0 Å². The number of hydrogen-bond acceptors (Lipinski definition) is 3. The van der Waals surface area contributed by atoms with Crippen molar-refractivity contribution in [2.24, 2.45) is 16.8 Å². The molecular weight excluding hydrogens is 140 g/mol. The lowest BCUT2D eigenvalue weighted by Crippen LogP contribution is -2.13. The first kappa shape index (κ1) is 10.6. The average Bonchev–Trinajstić information content (AvgIpc) is 2.06. The fourth-order valence-electron chi connectivity index (χ4n) is 0.926. The largest absolute Gasteiger partial charge is 0.330 e. The molecule has 0 spiro atoms. The van der Waals surface area contributed by atoms with Crippen LogP contribution in [-0.2, 0) is 0 Å². The Labute approximate surface area is 68.3 Å². The van der Waals surface area contributed by atoms with Gasteiger partial charge < -0.3 is 5.73 Å². The van der Waals surface area contributed by atoms with E-state index in [4.69, 9.17) is 5.73 Å². The van der Waals surface area contributed by atoms with Crippen LogP contribution in [0.5, 0.6) is 0 Å². The second kappa shape index (κ2) is 6.28. The molecule has 0 rings (SSSR count). The third-order valence-electron chi connectivity index (χ3n) is 2.02. The quantitative estimate of drug-likeness (QED) is 0.600. The molecule has 0 amide bonds. The number of nitrogens with zero attached hydrogens (tertiary/aromatic N) is 1. The molecule has 2 atom stereocenters. The molecule has 66 valence electrons. The van der Waals surface area contributed by atoms with Crippen LogP contribution in [0.4, 0.5) is 0 Å². The maximum absolute atomic E-state index is 10.2. The molecule has 0 saturated carbocycles. The maximum atomic E-state index is 10.2. The highest BCUT2D eigenvalue weighted by Crippen LogP contribution is 2.10. The molecular formula is C8H18N2O. The molecule has 0 aromatic rings. The third-order valence-corrected chi connectivity index (χ3v) is 2.02. The van der Waals surface area contributed by atoms with Crippen molar-refractivity contribution in [3.63, 3.8) is 0 Å². The summed E-state index contributed by atoms with van der Waals surface area (Å²) in [5.74, 6) is 0.519. The van der Waals surface area contributed by atoms with Crippen LogP contribution in [0.1, 0.15) is 33.1 Å². The van der Waals surface area contributed by atoms with E-state index in [1.165, 1.54) is 0 Å². The van der Waals surface area contributed by atoms with Crippen molar-refractivity contribution in [2.75, 3.05) is 6.54 Å². The Morgan fingerprint density at radius 1 is 1.45 bits per heavy atom. The van der Waals surface area contributed by atoms with Gasteiger partial charge in [0.15, 0.2) is 0 Å². The number of nitrogens with two attached hydrogens (primary N) is 1. The summed E-state index contributed by atoms with van der Waals surface area (Å²) in [5, 5.41) is 3.02. The zero-order valence-corrected chi connectivity index (χ0v) is 7.42. The summed E-state index contributed by atoms with van der Waals surface area (Å²) in [7, 11) is 0. The van der Waals surface area contributed by atoms with Gasteiger partial charge in [-0.1, -0.05) is 19.0 Å². The van der Waals surface area contributed by atoms with Gasteiger partial charge in [0.1, 0.15) is 0 Å². The second-order valence-electron chi connectivity index (χ2n) is 3.09. The lowest BCUT2D eigenvalue weighted by Gasteiger charge is -2.09. The smallest absolute Gasteiger partial charge is 0.0917 e. The van der Waals surface area contributed by atoms with Crippen LogP contribution < -0.4 is 5.73 Å². The number of nitroso groups, excluding NO2 is 1.